The van der Waals surface area contributed by atoms with Crippen LogP contribution in [0.2, 0.25) is 0 Å². The lowest BCUT2D eigenvalue weighted by Gasteiger charge is -2.20. The predicted molar refractivity (Wildman–Crippen MR) is 104 cm³/mol. The van der Waals surface area contributed by atoms with Crippen LogP contribution in [0, 0.1) is 0 Å². The average Bonchev–Trinajstić information content (AvgIpc) is 3.17. The van der Waals surface area contributed by atoms with Gasteiger partial charge in [0.05, 0.1) is 17.4 Å². The first-order chi connectivity index (χ1) is 12.8. The SMILES string of the molecule is O=C(NC(Cc1ccccc1)c1ccccc1)c1ccc2c(c1)NNN2. The van der Waals surface area contributed by atoms with Gasteiger partial charge in [-0.3, -0.25) is 4.79 Å². The van der Waals surface area contributed by atoms with Gasteiger partial charge in [-0.2, -0.15) is 0 Å². The van der Waals surface area contributed by atoms with Gasteiger partial charge >= 0.3 is 0 Å². The fourth-order valence-electron chi connectivity index (χ4n) is 3.09. The zero-order chi connectivity index (χ0) is 17.8. The van der Waals surface area contributed by atoms with Crippen LogP contribution in [0.3, 0.4) is 0 Å². The van der Waals surface area contributed by atoms with E-state index in [1.807, 2.05) is 66.7 Å². The van der Waals surface area contributed by atoms with Crippen LogP contribution in [0.1, 0.15) is 27.5 Å². The van der Waals surface area contributed by atoms with Gasteiger partial charge in [0.2, 0.25) is 0 Å². The Bertz CT molecular complexity index is 896. The van der Waals surface area contributed by atoms with Gasteiger partial charge in [0.1, 0.15) is 0 Å². The third-order valence-electron chi connectivity index (χ3n) is 4.47. The molecule has 1 unspecified atom stereocenters. The van der Waals surface area contributed by atoms with Crippen molar-refractivity contribution >= 4 is 17.3 Å². The normalized spacial score (nSPS) is 13.2. The summed E-state index contributed by atoms with van der Waals surface area (Å²) in [5.74, 6) is -0.0914. The van der Waals surface area contributed by atoms with Gasteiger partial charge < -0.3 is 16.2 Å². The number of anilines is 2. The minimum atomic E-state index is -0.0939. The number of hydrogen-bond acceptors (Lipinski definition) is 4. The van der Waals surface area contributed by atoms with Crippen molar-refractivity contribution in [2.45, 2.75) is 12.5 Å². The van der Waals surface area contributed by atoms with Crippen molar-refractivity contribution in [3.63, 3.8) is 0 Å². The molecule has 26 heavy (non-hydrogen) atoms. The van der Waals surface area contributed by atoms with Gasteiger partial charge in [-0.1, -0.05) is 60.7 Å². The summed E-state index contributed by atoms with van der Waals surface area (Å²) in [6, 6.07) is 25.7. The zero-order valence-corrected chi connectivity index (χ0v) is 14.2. The molecule has 0 fully saturated rings. The van der Waals surface area contributed by atoms with Crippen LogP contribution in [0.4, 0.5) is 11.4 Å². The first-order valence-corrected chi connectivity index (χ1v) is 8.60. The molecule has 4 rings (SSSR count). The highest BCUT2D eigenvalue weighted by atomic mass is 16.1. The molecule has 4 N–H and O–H groups in total. The number of hydrazine groups is 2. The first-order valence-electron chi connectivity index (χ1n) is 8.60. The molecule has 130 valence electrons. The molecule has 0 bridgehead atoms. The second-order valence-electron chi connectivity index (χ2n) is 6.26. The Morgan fingerprint density at radius 3 is 2.31 bits per heavy atom. The Kier molecular flexibility index (Phi) is 4.53. The Hall–Kier alpha value is -3.31. The van der Waals surface area contributed by atoms with Gasteiger partial charge in [-0.05, 0) is 35.7 Å². The van der Waals surface area contributed by atoms with Gasteiger partial charge in [0, 0.05) is 5.56 Å². The van der Waals surface area contributed by atoms with Crippen molar-refractivity contribution in [3.05, 3.63) is 95.6 Å². The summed E-state index contributed by atoms with van der Waals surface area (Å²) in [4.78, 5) is 12.8. The van der Waals surface area contributed by atoms with Crippen LogP contribution in [-0.2, 0) is 6.42 Å². The second kappa shape index (κ2) is 7.29. The van der Waals surface area contributed by atoms with Crippen LogP contribution in [0.25, 0.3) is 0 Å². The highest BCUT2D eigenvalue weighted by Gasteiger charge is 2.18. The monoisotopic (exact) mass is 344 g/mol. The van der Waals surface area contributed by atoms with Crippen molar-refractivity contribution < 1.29 is 4.79 Å². The number of nitrogens with one attached hydrogen (secondary N) is 4. The third-order valence-corrected chi connectivity index (χ3v) is 4.47. The quantitative estimate of drug-likeness (QED) is 0.570. The predicted octanol–water partition coefficient (Wildman–Crippen LogP) is 3.66. The number of carbonyl (C=O) groups is 1. The molecule has 5 nitrogen and oxygen atoms in total. The van der Waals surface area contributed by atoms with Crippen LogP contribution in [-0.4, -0.2) is 5.91 Å². The lowest BCUT2D eigenvalue weighted by molar-refractivity contribution is 0.0936. The maximum Gasteiger partial charge on any atom is 0.251 e. The van der Waals surface area contributed by atoms with Gasteiger partial charge in [0.15, 0.2) is 0 Å². The van der Waals surface area contributed by atoms with Crippen molar-refractivity contribution in [2.24, 2.45) is 0 Å². The summed E-state index contributed by atoms with van der Waals surface area (Å²) in [6.07, 6.45) is 0.739. The van der Waals surface area contributed by atoms with E-state index in [0.29, 0.717) is 5.56 Å². The minimum Gasteiger partial charge on any atom is -0.345 e. The Labute approximate surface area is 152 Å². The maximum atomic E-state index is 12.8. The first kappa shape index (κ1) is 16.2. The molecule has 1 heterocycles. The average molecular weight is 344 g/mol. The van der Waals surface area contributed by atoms with E-state index in [-0.39, 0.29) is 11.9 Å². The molecule has 1 aliphatic rings. The topological polar surface area (TPSA) is 65.2 Å². The Morgan fingerprint density at radius 2 is 1.54 bits per heavy atom. The summed E-state index contributed by atoms with van der Waals surface area (Å²) in [5, 5.41) is 3.18. The minimum absolute atomic E-state index is 0.0914. The molecule has 0 spiro atoms. The molecule has 0 aliphatic carbocycles. The molecule has 0 saturated heterocycles. The molecular weight excluding hydrogens is 324 g/mol. The maximum absolute atomic E-state index is 12.8. The van der Waals surface area contributed by atoms with E-state index in [1.165, 1.54) is 5.56 Å². The summed E-state index contributed by atoms with van der Waals surface area (Å²) in [5.41, 5.74) is 13.5. The standard InChI is InChI=1S/C21H20N4O/c26-21(17-11-12-18-20(14-17)24-25-23-18)22-19(16-9-5-2-6-10-16)13-15-7-3-1-4-8-15/h1-12,14,19,23-25H,13H2,(H,22,26). The third kappa shape index (κ3) is 3.53. The van der Waals surface area contributed by atoms with E-state index < -0.39 is 0 Å². The number of hydrogen-bond donors (Lipinski definition) is 4. The molecule has 0 radical (unpaired) electrons. The van der Waals surface area contributed by atoms with E-state index in [1.54, 1.807) is 0 Å². The molecule has 5 heteroatoms. The van der Waals surface area contributed by atoms with Crippen molar-refractivity contribution in [1.29, 1.82) is 0 Å². The molecule has 1 aliphatic heterocycles. The van der Waals surface area contributed by atoms with E-state index in [0.717, 1.165) is 23.4 Å². The molecule has 3 aromatic rings. The number of rotatable bonds is 5. The number of amides is 1. The summed E-state index contributed by atoms with van der Waals surface area (Å²) in [7, 11) is 0. The van der Waals surface area contributed by atoms with E-state index >= 15 is 0 Å². The lowest BCUT2D eigenvalue weighted by atomic mass is 9.98. The van der Waals surface area contributed by atoms with E-state index in [4.69, 9.17) is 0 Å². The molecule has 0 saturated carbocycles. The van der Waals surface area contributed by atoms with Gasteiger partial charge in [-0.25, -0.2) is 0 Å². The van der Waals surface area contributed by atoms with Gasteiger partial charge in [-0.15, -0.1) is 5.53 Å². The summed E-state index contributed by atoms with van der Waals surface area (Å²) >= 11 is 0. The van der Waals surface area contributed by atoms with Crippen LogP contribution < -0.4 is 21.7 Å². The number of carbonyl (C=O) groups excluding carboxylic acids is 1. The number of benzene rings is 3. The van der Waals surface area contributed by atoms with Crippen LogP contribution in [0.15, 0.2) is 78.9 Å². The lowest BCUT2D eigenvalue weighted by Crippen LogP contribution is -2.30. The van der Waals surface area contributed by atoms with Crippen molar-refractivity contribution in [1.82, 2.24) is 10.9 Å². The van der Waals surface area contributed by atoms with Crippen molar-refractivity contribution in [2.75, 3.05) is 10.9 Å². The summed E-state index contributed by atoms with van der Waals surface area (Å²) in [6.45, 7) is 0. The fourth-order valence-corrected chi connectivity index (χ4v) is 3.09. The van der Waals surface area contributed by atoms with Crippen LogP contribution >= 0.6 is 0 Å². The molecule has 0 aromatic heterocycles. The Balaban J connectivity index is 1.57. The van der Waals surface area contributed by atoms with Crippen molar-refractivity contribution in [3.8, 4) is 0 Å². The van der Waals surface area contributed by atoms with Crippen LogP contribution in [0.5, 0.6) is 0 Å². The fraction of sp³-hybridized carbons (Fsp3) is 0.0952. The molecular formula is C21H20N4O. The smallest absolute Gasteiger partial charge is 0.251 e. The molecule has 3 aromatic carbocycles. The Morgan fingerprint density at radius 1 is 0.846 bits per heavy atom. The highest BCUT2D eigenvalue weighted by Crippen LogP contribution is 2.26. The second-order valence-corrected chi connectivity index (χ2v) is 6.26. The molecule has 1 amide bonds. The summed E-state index contributed by atoms with van der Waals surface area (Å²) < 4.78 is 0. The zero-order valence-electron chi connectivity index (χ0n) is 14.2. The highest BCUT2D eigenvalue weighted by molar-refractivity contribution is 5.96. The largest absolute Gasteiger partial charge is 0.345 e. The van der Waals surface area contributed by atoms with E-state index in [9.17, 15) is 4.79 Å². The van der Waals surface area contributed by atoms with E-state index in [2.05, 4.69) is 33.8 Å². The molecule has 1 atom stereocenters. The van der Waals surface area contributed by atoms with Gasteiger partial charge in [0.25, 0.3) is 5.91 Å². The number of fused-ring (bicyclic) bond motifs is 1.